The Labute approximate surface area is 156 Å². The lowest BCUT2D eigenvalue weighted by atomic mass is 9.80. The van der Waals surface area contributed by atoms with Crippen molar-refractivity contribution < 1.29 is 9.53 Å². The number of ether oxygens (including phenoxy) is 1. The van der Waals surface area contributed by atoms with Gasteiger partial charge in [-0.25, -0.2) is 0 Å². The van der Waals surface area contributed by atoms with Crippen LogP contribution in [0.4, 0.5) is 5.69 Å². The molecule has 1 saturated carbocycles. The van der Waals surface area contributed by atoms with Crippen molar-refractivity contribution in [1.29, 1.82) is 0 Å². The highest BCUT2D eigenvalue weighted by Gasteiger charge is 2.31. The van der Waals surface area contributed by atoms with E-state index >= 15 is 0 Å². The molecule has 3 rings (SSSR count). The van der Waals surface area contributed by atoms with Crippen molar-refractivity contribution in [2.75, 3.05) is 12.4 Å². The largest absolute Gasteiger partial charge is 0.497 e. The highest BCUT2D eigenvalue weighted by atomic mass is 127. The van der Waals surface area contributed by atoms with E-state index in [0.717, 1.165) is 39.8 Å². The van der Waals surface area contributed by atoms with Gasteiger partial charge < -0.3 is 10.1 Å². The summed E-state index contributed by atoms with van der Waals surface area (Å²) in [6.45, 7) is 0. The molecule has 0 aromatic heterocycles. The molecule has 0 radical (unpaired) electrons. The molecule has 1 N–H and O–H groups in total. The van der Waals surface area contributed by atoms with Crippen molar-refractivity contribution in [1.82, 2.24) is 0 Å². The van der Waals surface area contributed by atoms with Crippen LogP contribution in [-0.4, -0.2) is 12.9 Å². The summed E-state index contributed by atoms with van der Waals surface area (Å²) in [5, 5.41) is 3.63. The minimum Gasteiger partial charge on any atom is -0.497 e. The van der Waals surface area contributed by atoms with Crippen LogP contribution in [0.1, 0.15) is 37.3 Å². The maximum Gasteiger partial charge on any atom is 0.138 e. The van der Waals surface area contributed by atoms with Gasteiger partial charge >= 0.3 is 0 Å². The molecule has 1 aliphatic rings. The highest BCUT2D eigenvalue weighted by molar-refractivity contribution is 14.1. The lowest BCUT2D eigenvalue weighted by Gasteiger charge is -2.31. The molecule has 4 heteroatoms. The van der Waals surface area contributed by atoms with Crippen LogP contribution in [0.2, 0.25) is 0 Å². The quantitative estimate of drug-likeness (QED) is 0.656. The van der Waals surface area contributed by atoms with Gasteiger partial charge in [0.1, 0.15) is 11.5 Å². The summed E-state index contributed by atoms with van der Waals surface area (Å²) in [6, 6.07) is 16.3. The van der Waals surface area contributed by atoms with Crippen molar-refractivity contribution in [2.24, 2.45) is 5.92 Å². The van der Waals surface area contributed by atoms with E-state index in [1.54, 1.807) is 7.11 Å². The third-order valence-corrected chi connectivity index (χ3v) is 5.60. The van der Waals surface area contributed by atoms with Gasteiger partial charge in [-0.2, -0.15) is 0 Å². The zero-order valence-corrected chi connectivity index (χ0v) is 16.0. The summed E-state index contributed by atoms with van der Waals surface area (Å²) in [6.07, 6.45) is 3.79. The predicted molar refractivity (Wildman–Crippen MR) is 105 cm³/mol. The molecule has 126 valence electrons. The summed E-state index contributed by atoms with van der Waals surface area (Å²) in [5.74, 6) is 1.24. The summed E-state index contributed by atoms with van der Waals surface area (Å²) in [5.41, 5.74) is 2.22. The van der Waals surface area contributed by atoms with E-state index < -0.39 is 0 Å². The fourth-order valence-corrected chi connectivity index (χ4v) is 3.88. The third kappa shape index (κ3) is 3.91. The Morgan fingerprint density at radius 2 is 1.88 bits per heavy atom. The summed E-state index contributed by atoms with van der Waals surface area (Å²) >= 11 is 2.33. The third-order valence-electron chi connectivity index (χ3n) is 4.66. The number of halogens is 1. The van der Waals surface area contributed by atoms with Gasteiger partial charge in [0.15, 0.2) is 0 Å². The maximum atomic E-state index is 12.5. The van der Waals surface area contributed by atoms with Gasteiger partial charge in [0, 0.05) is 21.6 Å². The first-order chi connectivity index (χ1) is 11.7. The Morgan fingerprint density at radius 1 is 1.12 bits per heavy atom. The van der Waals surface area contributed by atoms with Gasteiger partial charge in [0.05, 0.1) is 13.2 Å². The Balaban J connectivity index is 1.93. The zero-order valence-electron chi connectivity index (χ0n) is 13.8. The first-order valence-corrected chi connectivity index (χ1v) is 9.44. The molecule has 0 saturated heterocycles. The van der Waals surface area contributed by atoms with Crippen molar-refractivity contribution >= 4 is 34.1 Å². The van der Waals surface area contributed by atoms with Gasteiger partial charge in [0.2, 0.25) is 0 Å². The fraction of sp³-hybridized carbons (Fsp3) is 0.350. The number of anilines is 1. The number of hydrogen-bond donors (Lipinski definition) is 1. The molecule has 0 heterocycles. The molecule has 24 heavy (non-hydrogen) atoms. The van der Waals surface area contributed by atoms with Gasteiger partial charge in [-0.1, -0.05) is 30.7 Å². The number of benzene rings is 2. The average molecular weight is 435 g/mol. The molecule has 1 aliphatic carbocycles. The van der Waals surface area contributed by atoms with Crippen LogP contribution >= 0.6 is 22.6 Å². The van der Waals surface area contributed by atoms with Crippen LogP contribution in [0, 0.1) is 9.49 Å². The summed E-state index contributed by atoms with van der Waals surface area (Å²) in [7, 11) is 1.67. The van der Waals surface area contributed by atoms with Gasteiger partial charge in [0.25, 0.3) is 0 Å². The summed E-state index contributed by atoms with van der Waals surface area (Å²) in [4.78, 5) is 12.5. The highest BCUT2D eigenvalue weighted by Crippen LogP contribution is 2.36. The molecule has 3 nitrogen and oxygen atoms in total. The Hall–Kier alpha value is -1.56. The van der Waals surface area contributed by atoms with Crippen molar-refractivity contribution in [2.45, 2.75) is 31.7 Å². The van der Waals surface area contributed by atoms with Crippen LogP contribution < -0.4 is 10.1 Å². The normalized spacial score (nSPS) is 18.9. The molecule has 0 spiro atoms. The smallest absolute Gasteiger partial charge is 0.138 e. The lowest BCUT2D eigenvalue weighted by molar-refractivity contribution is -0.125. The number of Topliss-reactive ketones (excluding diaryl/α,β-unsaturated/α-hetero) is 1. The van der Waals surface area contributed by atoms with E-state index in [1.807, 2.05) is 24.3 Å². The standard InChI is InChI=1S/C20H22INO2/c1-24-15-12-10-14(11-13-15)20(16-6-2-5-9-19(16)23)22-18-8-4-3-7-17(18)21/h3-4,7-8,10-13,16,20,22H,2,5-6,9H2,1H3/t16-,20+/m0/s1. The second-order valence-electron chi connectivity index (χ2n) is 6.19. The molecule has 0 unspecified atom stereocenters. The molecule has 2 aromatic rings. The number of rotatable bonds is 5. The SMILES string of the molecule is COc1ccc([C@@H](Nc2ccccc2I)[C@H]2CCCCC2=O)cc1. The number of nitrogens with one attached hydrogen (secondary N) is 1. The van der Waals surface area contributed by atoms with Crippen molar-refractivity contribution in [3.63, 3.8) is 0 Å². The van der Waals surface area contributed by atoms with E-state index in [-0.39, 0.29) is 12.0 Å². The molecule has 0 aliphatic heterocycles. The topological polar surface area (TPSA) is 38.3 Å². The van der Waals surface area contributed by atoms with Gasteiger partial charge in [-0.05, 0) is 65.3 Å². The Bertz CT molecular complexity index is 699. The van der Waals surface area contributed by atoms with Crippen LogP contribution in [-0.2, 0) is 4.79 Å². The minimum absolute atomic E-state index is 0.000350. The van der Waals surface area contributed by atoms with E-state index in [2.05, 4.69) is 52.2 Å². The Kier molecular flexibility index (Phi) is 5.76. The van der Waals surface area contributed by atoms with Gasteiger partial charge in [-0.3, -0.25) is 4.79 Å². The van der Waals surface area contributed by atoms with E-state index in [4.69, 9.17) is 4.74 Å². The monoisotopic (exact) mass is 435 g/mol. The molecular formula is C20H22INO2. The van der Waals surface area contributed by atoms with Gasteiger partial charge in [-0.15, -0.1) is 0 Å². The number of hydrogen-bond acceptors (Lipinski definition) is 3. The average Bonchev–Trinajstić information content (AvgIpc) is 2.62. The van der Waals surface area contributed by atoms with Crippen LogP contribution in [0.3, 0.4) is 0 Å². The van der Waals surface area contributed by atoms with E-state index in [1.165, 1.54) is 0 Å². The molecule has 0 amide bonds. The first kappa shape index (κ1) is 17.3. The Morgan fingerprint density at radius 3 is 2.54 bits per heavy atom. The first-order valence-electron chi connectivity index (χ1n) is 8.37. The molecule has 2 atom stereocenters. The number of carbonyl (C=O) groups excluding carboxylic acids is 1. The molecule has 1 fully saturated rings. The molecule has 2 aromatic carbocycles. The predicted octanol–water partition coefficient (Wildman–Crippen LogP) is 5.21. The van der Waals surface area contributed by atoms with E-state index in [9.17, 15) is 4.79 Å². The van der Waals surface area contributed by atoms with Crippen LogP contribution in [0.15, 0.2) is 48.5 Å². The second kappa shape index (κ2) is 8.01. The van der Waals surface area contributed by atoms with Crippen LogP contribution in [0.25, 0.3) is 0 Å². The maximum absolute atomic E-state index is 12.5. The van der Waals surface area contributed by atoms with Crippen molar-refractivity contribution in [3.05, 3.63) is 57.7 Å². The molecular weight excluding hydrogens is 413 g/mol. The fourth-order valence-electron chi connectivity index (χ4n) is 3.34. The minimum atomic E-state index is -0.000350. The number of ketones is 1. The zero-order chi connectivity index (χ0) is 16.9. The summed E-state index contributed by atoms with van der Waals surface area (Å²) < 4.78 is 6.43. The number of carbonyl (C=O) groups is 1. The molecule has 0 bridgehead atoms. The lowest BCUT2D eigenvalue weighted by Crippen LogP contribution is -2.30. The van der Waals surface area contributed by atoms with Crippen LogP contribution in [0.5, 0.6) is 5.75 Å². The number of methoxy groups -OCH3 is 1. The second-order valence-corrected chi connectivity index (χ2v) is 7.36. The van der Waals surface area contributed by atoms with Crippen molar-refractivity contribution in [3.8, 4) is 5.75 Å². The number of para-hydroxylation sites is 1. The van der Waals surface area contributed by atoms with E-state index in [0.29, 0.717) is 12.2 Å².